The van der Waals surface area contributed by atoms with E-state index in [0.717, 1.165) is 24.8 Å². The Hall–Kier alpha value is -1.25. The van der Waals surface area contributed by atoms with E-state index in [9.17, 15) is 5.11 Å². The van der Waals surface area contributed by atoms with Crippen LogP contribution in [0.3, 0.4) is 0 Å². The molecule has 3 rings (SSSR count). The van der Waals surface area contributed by atoms with Crippen LogP contribution in [0.5, 0.6) is 0 Å². The van der Waals surface area contributed by atoms with Crippen LogP contribution in [0, 0.1) is 0 Å². The van der Waals surface area contributed by atoms with Gasteiger partial charge in [0.2, 0.25) is 0 Å². The molecule has 0 saturated heterocycles. The Morgan fingerprint density at radius 2 is 1.90 bits per heavy atom. The average Bonchev–Trinajstić information content (AvgIpc) is 2.91. The highest BCUT2D eigenvalue weighted by Crippen LogP contribution is 2.42. The summed E-state index contributed by atoms with van der Waals surface area (Å²) in [5.74, 6) is 0. The van der Waals surface area contributed by atoms with Crippen molar-refractivity contribution in [1.29, 1.82) is 0 Å². The monoisotopic (exact) mass is 284 g/mol. The summed E-state index contributed by atoms with van der Waals surface area (Å²) in [5, 5.41) is 10.8. The zero-order chi connectivity index (χ0) is 13.9. The molecule has 0 radical (unpaired) electrons. The minimum Gasteiger partial charge on any atom is -0.387 e. The Balaban J connectivity index is 1.72. The summed E-state index contributed by atoms with van der Waals surface area (Å²) in [6.07, 6.45) is 2.84. The molecule has 2 heteroatoms. The van der Waals surface area contributed by atoms with Crippen LogP contribution in [0.2, 0.25) is 0 Å². The van der Waals surface area contributed by atoms with E-state index in [2.05, 4.69) is 55.5 Å². The van der Waals surface area contributed by atoms with E-state index in [1.807, 2.05) is 0 Å². The molecule has 104 valence electrons. The summed E-state index contributed by atoms with van der Waals surface area (Å²) in [5.41, 5.74) is 3.75. The molecule has 1 N–H and O–H groups in total. The predicted octanol–water partition coefficient (Wildman–Crippen LogP) is 4.39. The van der Waals surface area contributed by atoms with Crippen molar-refractivity contribution < 1.29 is 5.11 Å². The van der Waals surface area contributed by atoms with Crippen molar-refractivity contribution >= 4 is 11.8 Å². The highest BCUT2D eigenvalue weighted by Gasteiger charge is 2.28. The average molecular weight is 284 g/mol. The zero-order valence-electron chi connectivity index (χ0n) is 11.8. The van der Waals surface area contributed by atoms with E-state index in [1.165, 1.54) is 16.0 Å². The van der Waals surface area contributed by atoms with Crippen LogP contribution < -0.4 is 0 Å². The van der Waals surface area contributed by atoms with Crippen molar-refractivity contribution in [3.05, 3.63) is 65.2 Å². The molecule has 2 aromatic carbocycles. The van der Waals surface area contributed by atoms with Crippen molar-refractivity contribution in [3.63, 3.8) is 0 Å². The SMILES string of the molecule is CCCc1ccc(C(O)C2Cc3ccccc3S2)cc1. The van der Waals surface area contributed by atoms with Gasteiger partial charge in [0.25, 0.3) is 0 Å². The molecule has 0 spiro atoms. The Kier molecular flexibility index (Phi) is 4.13. The number of thioether (sulfide) groups is 1. The highest BCUT2D eigenvalue weighted by atomic mass is 32.2. The van der Waals surface area contributed by atoms with Gasteiger partial charge in [0.15, 0.2) is 0 Å². The maximum absolute atomic E-state index is 10.6. The molecule has 1 aliphatic heterocycles. The van der Waals surface area contributed by atoms with Crippen LogP contribution in [0.15, 0.2) is 53.4 Å². The Bertz CT molecular complexity index is 551. The van der Waals surface area contributed by atoms with Gasteiger partial charge < -0.3 is 5.11 Å². The maximum atomic E-state index is 10.6. The van der Waals surface area contributed by atoms with Crippen molar-refractivity contribution in [1.82, 2.24) is 0 Å². The van der Waals surface area contributed by atoms with Gasteiger partial charge in [-0.2, -0.15) is 0 Å². The largest absolute Gasteiger partial charge is 0.387 e. The fraction of sp³-hybridized carbons (Fsp3) is 0.333. The summed E-state index contributed by atoms with van der Waals surface area (Å²) in [7, 11) is 0. The van der Waals surface area contributed by atoms with Crippen LogP contribution in [-0.2, 0) is 12.8 Å². The Labute approximate surface area is 125 Å². The molecule has 0 bridgehead atoms. The molecule has 0 fully saturated rings. The van der Waals surface area contributed by atoms with Crippen LogP contribution in [0.25, 0.3) is 0 Å². The van der Waals surface area contributed by atoms with Gasteiger partial charge in [-0.25, -0.2) is 0 Å². The number of hydrogen-bond acceptors (Lipinski definition) is 2. The van der Waals surface area contributed by atoms with E-state index < -0.39 is 0 Å². The molecular formula is C18H20OS. The Morgan fingerprint density at radius 3 is 2.60 bits per heavy atom. The van der Waals surface area contributed by atoms with E-state index >= 15 is 0 Å². The van der Waals surface area contributed by atoms with E-state index in [1.54, 1.807) is 11.8 Å². The molecule has 1 nitrogen and oxygen atoms in total. The molecule has 2 aromatic rings. The maximum Gasteiger partial charge on any atom is 0.0915 e. The third-order valence-corrected chi connectivity index (χ3v) is 5.26. The predicted molar refractivity (Wildman–Crippen MR) is 85.2 cm³/mol. The number of hydrogen-bond donors (Lipinski definition) is 1. The molecular weight excluding hydrogens is 264 g/mol. The lowest BCUT2D eigenvalue weighted by Gasteiger charge is -2.17. The normalized spacial score (nSPS) is 18.8. The minimum absolute atomic E-state index is 0.240. The lowest BCUT2D eigenvalue weighted by Crippen LogP contribution is -2.14. The molecule has 1 aliphatic rings. The van der Waals surface area contributed by atoms with Gasteiger partial charge in [0.1, 0.15) is 0 Å². The number of rotatable bonds is 4. The topological polar surface area (TPSA) is 20.2 Å². The van der Waals surface area contributed by atoms with E-state index in [4.69, 9.17) is 0 Å². The van der Waals surface area contributed by atoms with Gasteiger partial charge in [0, 0.05) is 10.1 Å². The van der Waals surface area contributed by atoms with Crippen molar-refractivity contribution in [2.45, 2.75) is 42.4 Å². The third-order valence-electron chi connectivity index (χ3n) is 3.88. The minimum atomic E-state index is -0.386. The quantitative estimate of drug-likeness (QED) is 0.898. The van der Waals surface area contributed by atoms with E-state index in [-0.39, 0.29) is 11.4 Å². The number of benzene rings is 2. The first-order chi connectivity index (χ1) is 9.78. The van der Waals surface area contributed by atoms with Crippen molar-refractivity contribution in [2.24, 2.45) is 0 Å². The number of aliphatic hydroxyl groups excluding tert-OH is 1. The fourth-order valence-corrected chi connectivity index (χ4v) is 4.10. The third kappa shape index (κ3) is 2.77. The second kappa shape index (κ2) is 6.02. The Morgan fingerprint density at radius 1 is 1.15 bits per heavy atom. The molecule has 0 aliphatic carbocycles. The molecule has 2 atom stereocenters. The van der Waals surface area contributed by atoms with Crippen molar-refractivity contribution in [3.8, 4) is 0 Å². The van der Waals surface area contributed by atoms with Crippen LogP contribution in [-0.4, -0.2) is 10.4 Å². The first-order valence-corrected chi connectivity index (χ1v) is 8.17. The molecule has 0 aromatic heterocycles. The lowest BCUT2D eigenvalue weighted by molar-refractivity contribution is 0.175. The summed E-state index contributed by atoms with van der Waals surface area (Å²) < 4.78 is 0. The number of aliphatic hydroxyl groups is 1. The van der Waals surface area contributed by atoms with Crippen LogP contribution in [0.4, 0.5) is 0 Å². The molecule has 1 heterocycles. The molecule has 0 amide bonds. The summed E-state index contributed by atoms with van der Waals surface area (Å²) >= 11 is 1.80. The second-order valence-electron chi connectivity index (χ2n) is 5.40. The second-order valence-corrected chi connectivity index (χ2v) is 6.69. The first-order valence-electron chi connectivity index (χ1n) is 7.29. The fourth-order valence-electron chi connectivity index (χ4n) is 2.77. The summed E-state index contributed by atoms with van der Waals surface area (Å²) in [4.78, 5) is 1.32. The van der Waals surface area contributed by atoms with Gasteiger partial charge in [0.05, 0.1) is 6.10 Å². The zero-order valence-corrected chi connectivity index (χ0v) is 12.6. The molecule has 20 heavy (non-hydrogen) atoms. The van der Waals surface area contributed by atoms with Crippen LogP contribution >= 0.6 is 11.8 Å². The number of fused-ring (bicyclic) bond motifs is 1. The van der Waals surface area contributed by atoms with Crippen molar-refractivity contribution in [2.75, 3.05) is 0 Å². The van der Waals surface area contributed by atoms with Gasteiger partial charge in [-0.15, -0.1) is 11.8 Å². The van der Waals surface area contributed by atoms with Gasteiger partial charge in [-0.1, -0.05) is 55.8 Å². The van der Waals surface area contributed by atoms with E-state index in [0.29, 0.717) is 0 Å². The van der Waals surface area contributed by atoms with Gasteiger partial charge in [-0.05, 0) is 35.6 Å². The van der Waals surface area contributed by atoms with Gasteiger partial charge >= 0.3 is 0 Å². The first kappa shape index (κ1) is 13.7. The number of aryl methyl sites for hydroxylation is 1. The molecule has 2 unspecified atom stereocenters. The van der Waals surface area contributed by atoms with Gasteiger partial charge in [-0.3, -0.25) is 0 Å². The summed E-state index contributed by atoms with van der Waals surface area (Å²) in [6, 6.07) is 16.9. The van der Waals surface area contributed by atoms with Crippen LogP contribution in [0.1, 0.15) is 36.1 Å². The summed E-state index contributed by atoms with van der Waals surface area (Å²) in [6.45, 7) is 2.19. The standard InChI is InChI=1S/C18H20OS/c1-2-5-13-8-10-14(11-9-13)18(19)17-12-15-6-3-4-7-16(15)20-17/h3-4,6-11,17-19H,2,5,12H2,1H3. The highest BCUT2D eigenvalue weighted by molar-refractivity contribution is 8.00. The lowest BCUT2D eigenvalue weighted by atomic mass is 9.99. The smallest absolute Gasteiger partial charge is 0.0915 e. The molecule has 0 saturated carbocycles.